The van der Waals surface area contributed by atoms with Crippen molar-refractivity contribution in [1.82, 2.24) is 9.97 Å². The third kappa shape index (κ3) is 4.34. The van der Waals surface area contributed by atoms with E-state index in [1.807, 2.05) is 6.92 Å². The van der Waals surface area contributed by atoms with Crippen LogP contribution in [-0.2, 0) is 9.84 Å². The van der Waals surface area contributed by atoms with Gasteiger partial charge in [0, 0.05) is 18.3 Å². The van der Waals surface area contributed by atoms with Crippen LogP contribution in [0.1, 0.15) is 26.2 Å². The molecule has 2 heterocycles. The van der Waals surface area contributed by atoms with Gasteiger partial charge in [-0.3, -0.25) is 0 Å². The maximum absolute atomic E-state index is 11.6. The van der Waals surface area contributed by atoms with E-state index in [0.29, 0.717) is 24.9 Å². The van der Waals surface area contributed by atoms with Gasteiger partial charge in [-0.05, 0) is 19.3 Å². The summed E-state index contributed by atoms with van der Waals surface area (Å²) in [5, 5.41) is 3.07. The van der Waals surface area contributed by atoms with Crippen LogP contribution in [0.3, 0.4) is 0 Å². The summed E-state index contributed by atoms with van der Waals surface area (Å²) in [6.45, 7) is 2.63. The zero-order valence-corrected chi connectivity index (χ0v) is 11.8. The van der Waals surface area contributed by atoms with Crippen molar-refractivity contribution in [3.63, 3.8) is 0 Å². The Bertz CT molecular complexity index is 519. The van der Waals surface area contributed by atoms with Crippen LogP contribution in [0.2, 0.25) is 0 Å². The van der Waals surface area contributed by atoms with Crippen LogP contribution >= 0.6 is 0 Å². The van der Waals surface area contributed by atoms with Gasteiger partial charge >= 0.3 is 0 Å². The van der Waals surface area contributed by atoms with Gasteiger partial charge in [-0.15, -0.1) is 0 Å². The highest BCUT2D eigenvalue weighted by atomic mass is 32.2. The van der Waals surface area contributed by atoms with E-state index in [4.69, 9.17) is 4.74 Å². The minimum atomic E-state index is -2.93. The SMILES string of the molecule is CCCOc1ccnc(NC2CCCS(=O)(=O)C2)n1. The Hall–Kier alpha value is -1.37. The molecule has 1 fully saturated rings. The van der Waals surface area contributed by atoms with Crippen molar-refractivity contribution in [2.75, 3.05) is 23.4 Å². The quantitative estimate of drug-likeness (QED) is 0.877. The van der Waals surface area contributed by atoms with Gasteiger partial charge < -0.3 is 10.1 Å². The standard InChI is InChI=1S/C12H19N3O3S/c1-2-7-18-11-5-6-13-12(15-11)14-10-4-3-8-19(16,17)9-10/h5-6,10H,2-4,7-9H2,1H3,(H,13,14,15). The molecule has 1 aliphatic rings. The van der Waals surface area contributed by atoms with Gasteiger partial charge in [0.25, 0.3) is 0 Å². The zero-order valence-electron chi connectivity index (χ0n) is 11.0. The van der Waals surface area contributed by atoms with Gasteiger partial charge in [-0.2, -0.15) is 4.98 Å². The Labute approximate surface area is 113 Å². The van der Waals surface area contributed by atoms with Gasteiger partial charge in [0.15, 0.2) is 9.84 Å². The molecule has 2 rings (SSSR count). The predicted molar refractivity (Wildman–Crippen MR) is 73.1 cm³/mol. The molecule has 0 radical (unpaired) electrons. The molecule has 1 aromatic rings. The zero-order chi connectivity index (χ0) is 13.7. The number of hydrogen-bond donors (Lipinski definition) is 1. The molecule has 0 aromatic carbocycles. The van der Waals surface area contributed by atoms with E-state index in [0.717, 1.165) is 12.8 Å². The van der Waals surface area contributed by atoms with Gasteiger partial charge in [0.05, 0.1) is 18.1 Å². The summed E-state index contributed by atoms with van der Waals surface area (Å²) < 4.78 is 28.5. The second-order valence-corrected chi connectivity index (χ2v) is 6.89. The van der Waals surface area contributed by atoms with Crippen molar-refractivity contribution in [3.05, 3.63) is 12.3 Å². The first kappa shape index (κ1) is 14.0. The van der Waals surface area contributed by atoms with Crippen LogP contribution in [0.5, 0.6) is 5.88 Å². The van der Waals surface area contributed by atoms with Crippen molar-refractivity contribution < 1.29 is 13.2 Å². The van der Waals surface area contributed by atoms with E-state index in [1.54, 1.807) is 12.3 Å². The Morgan fingerprint density at radius 2 is 2.37 bits per heavy atom. The summed E-state index contributed by atoms with van der Waals surface area (Å²) in [5.74, 6) is 1.37. The number of anilines is 1. The molecule has 0 amide bonds. The Balaban J connectivity index is 1.98. The highest BCUT2D eigenvalue weighted by molar-refractivity contribution is 7.91. The van der Waals surface area contributed by atoms with E-state index in [-0.39, 0.29) is 17.5 Å². The van der Waals surface area contributed by atoms with Gasteiger partial charge in [-0.1, -0.05) is 6.92 Å². The summed E-state index contributed by atoms with van der Waals surface area (Å²) in [6.07, 6.45) is 4.03. The molecule has 0 saturated carbocycles. The smallest absolute Gasteiger partial charge is 0.226 e. The molecular weight excluding hydrogens is 266 g/mol. The molecule has 1 saturated heterocycles. The number of sulfone groups is 1. The van der Waals surface area contributed by atoms with Gasteiger partial charge in [0.1, 0.15) is 0 Å². The van der Waals surface area contributed by atoms with Crippen LogP contribution in [0.4, 0.5) is 5.95 Å². The second-order valence-electron chi connectivity index (χ2n) is 4.66. The molecule has 1 aromatic heterocycles. The fraction of sp³-hybridized carbons (Fsp3) is 0.667. The molecule has 19 heavy (non-hydrogen) atoms. The van der Waals surface area contributed by atoms with Crippen LogP contribution < -0.4 is 10.1 Å². The van der Waals surface area contributed by atoms with Crippen LogP contribution in [0.25, 0.3) is 0 Å². The highest BCUT2D eigenvalue weighted by Crippen LogP contribution is 2.16. The molecule has 0 bridgehead atoms. The van der Waals surface area contributed by atoms with Crippen LogP contribution in [0.15, 0.2) is 12.3 Å². The number of hydrogen-bond acceptors (Lipinski definition) is 6. The Morgan fingerprint density at radius 3 is 3.11 bits per heavy atom. The van der Waals surface area contributed by atoms with Crippen molar-refractivity contribution in [2.45, 2.75) is 32.2 Å². The third-order valence-electron chi connectivity index (χ3n) is 2.88. The molecular formula is C12H19N3O3S. The fourth-order valence-electron chi connectivity index (χ4n) is 2.02. The van der Waals surface area contributed by atoms with Crippen molar-refractivity contribution in [2.24, 2.45) is 0 Å². The first-order valence-electron chi connectivity index (χ1n) is 6.52. The summed E-state index contributed by atoms with van der Waals surface area (Å²) in [7, 11) is -2.93. The molecule has 6 nitrogen and oxygen atoms in total. The minimum absolute atomic E-state index is 0.111. The summed E-state index contributed by atoms with van der Waals surface area (Å²) in [6, 6.07) is 1.58. The normalized spacial score (nSPS) is 21.8. The average Bonchev–Trinajstić information content (AvgIpc) is 2.35. The first-order chi connectivity index (χ1) is 9.09. The lowest BCUT2D eigenvalue weighted by Gasteiger charge is -2.22. The summed E-state index contributed by atoms with van der Waals surface area (Å²) in [5.41, 5.74) is 0. The van der Waals surface area contributed by atoms with Gasteiger partial charge in [0.2, 0.25) is 11.8 Å². The van der Waals surface area contributed by atoms with E-state index in [1.165, 1.54) is 0 Å². The molecule has 1 N–H and O–H groups in total. The minimum Gasteiger partial charge on any atom is -0.478 e. The molecule has 1 aliphatic heterocycles. The van der Waals surface area contributed by atoms with Crippen molar-refractivity contribution in [1.29, 1.82) is 0 Å². The molecule has 7 heteroatoms. The maximum atomic E-state index is 11.6. The molecule has 1 atom stereocenters. The average molecular weight is 285 g/mol. The predicted octanol–water partition coefficient (Wildman–Crippen LogP) is 1.25. The number of ether oxygens (including phenoxy) is 1. The first-order valence-corrected chi connectivity index (χ1v) is 8.34. The van der Waals surface area contributed by atoms with E-state index in [2.05, 4.69) is 15.3 Å². The summed E-state index contributed by atoms with van der Waals surface area (Å²) in [4.78, 5) is 8.31. The Kier molecular flexibility index (Phi) is 4.57. The van der Waals surface area contributed by atoms with E-state index < -0.39 is 9.84 Å². The van der Waals surface area contributed by atoms with E-state index >= 15 is 0 Å². The highest BCUT2D eigenvalue weighted by Gasteiger charge is 2.25. The number of aromatic nitrogens is 2. The number of rotatable bonds is 5. The van der Waals surface area contributed by atoms with Crippen LogP contribution in [0, 0.1) is 0 Å². The molecule has 1 unspecified atom stereocenters. The van der Waals surface area contributed by atoms with E-state index in [9.17, 15) is 8.42 Å². The largest absolute Gasteiger partial charge is 0.478 e. The van der Waals surface area contributed by atoms with Crippen molar-refractivity contribution in [3.8, 4) is 5.88 Å². The summed E-state index contributed by atoms with van der Waals surface area (Å²) >= 11 is 0. The van der Waals surface area contributed by atoms with Gasteiger partial charge in [-0.25, -0.2) is 13.4 Å². The lowest BCUT2D eigenvalue weighted by atomic mass is 10.2. The maximum Gasteiger partial charge on any atom is 0.226 e. The third-order valence-corrected chi connectivity index (χ3v) is 4.70. The second kappa shape index (κ2) is 6.18. The number of nitrogens with one attached hydrogen (secondary N) is 1. The molecule has 0 spiro atoms. The lowest BCUT2D eigenvalue weighted by molar-refractivity contribution is 0.305. The number of nitrogens with zero attached hydrogens (tertiary/aromatic N) is 2. The molecule has 106 valence electrons. The Morgan fingerprint density at radius 1 is 1.53 bits per heavy atom. The van der Waals surface area contributed by atoms with Crippen LogP contribution in [-0.4, -0.2) is 42.5 Å². The fourth-order valence-corrected chi connectivity index (χ4v) is 3.65. The lowest BCUT2D eigenvalue weighted by Crippen LogP contribution is -2.35. The topological polar surface area (TPSA) is 81.2 Å². The molecule has 0 aliphatic carbocycles. The van der Waals surface area contributed by atoms with Crippen molar-refractivity contribution >= 4 is 15.8 Å². The monoisotopic (exact) mass is 285 g/mol.